The highest BCUT2D eigenvalue weighted by Gasteiger charge is 2.35. The van der Waals surface area contributed by atoms with Gasteiger partial charge in [-0.15, -0.1) is 0 Å². The van der Waals surface area contributed by atoms with Crippen molar-refractivity contribution in [3.05, 3.63) is 12.0 Å². The Balaban J connectivity index is 1.80. The average Bonchev–Trinajstić information content (AvgIpc) is 2.68. The first kappa shape index (κ1) is 13.8. The number of carbonyl (C=O) groups is 1. The number of nitrogens with one attached hydrogen (secondary N) is 1. The molecule has 0 bridgehead atoms. The van der Waals surface area contributed by atoms with Crippen molar-refractivity contribution in [3.63, 3.8) is 0 Å². The Hall–Kier alpha value is -2.18. The van der Waals surface area contributed by atoms with E-state index in [4.69, 9.17) is 0 Å². The summed E-state index contributed by atoms with van der Waals surface area (Å²) in [5.74, 6) is 1.75. The first-order valence-corrected chi connectivity index (χ1v) is 7.17. The molecule has 1 amide bonds. The van der Waals surface area contributed by atoms with Crippen molar-refractivity contribution < 1.29 is 4.79 Å². The Morgan fingerprint density at radius 3 is 2.76 bits per heavy atom. The van der Waals surface area contributed by atoms with Crippen molar-refractivity contribution in [1.82, 2.24) is 25.1 Å². The Kier molecular flexibility index (Phi) is 3.27. The maximum Gasteiger partial charge on any atom is 0.226 e. The lowest BCUT2D eigenvalue weighted by atomic mass is 9.98. The molecule has 7 nitrogen and oxygen atoms in total. The van der Waals surface area contributed by atoms with Crippen LogP contribution in [0.2, 0.25) is 0 Å². The summed E-state index contributed by atoms with van der Waals surface area (Å²) in [5, 5.41) is 8.13. The van der Waals surface area contributed by atoms with E-state index in [1.807, 2.05) is 27.8 Å². The van der Waals surface area contributed by atoms with Gasteiger partial charge in [-0.3, -0.25) is 9.48 Å². The molecule has 0 atom stereocenters. The Morgan fingerprint density at radius 1 is 1.38 bits per heavy atom. The molecule has 0 radical (unpaired) electrons. The van der Waals surface area contributed by atoms with Gasteiger partial charge in [-0.1, -0.05) is 0 Å². The third-order valence-corrected chi connectivity index (χ3v) is 3.67. The molecule has 0 unspecified atom stereocenters. The predicted molar refractivity (Wildman–Crippen MR) is 80.0 cm³/mol. The molecule has 3 rings (SSSR count). The highest BCUT2D eigenvalue weighted by Crippen LogP contribution is 2.29. The van der Waals surface area contributed by atoms with Crippen LogP contribution in [0, 0.1) is 12.8 Å². The van der Waals surface area contributed by atoms with E-state index in [1.54, 1.807) is 10.9 Å². The zero-order valence-electron chi connectivity index (χ0n) is 12.8. The van der Waals surface area contributed by atoms with Crippen molar-refractivity contribution in [3.8, 4) is 0 Å². The van der Waals surface area contributed by atoms with Crippen molar-refractivity contribution >= 4 is 22.8 Å². The van der Waals surface area contributed by atoms with Crippen LogP contribution in [0.15, 0.2) is 6.20 Å². The minimum atomic E-state index is 0.0365. The zero-order chi connectivity index (χ0) is 15.1. The van der Waals surface area contributed by atoms with E-state index in [0.29, 0.717) is 13.1 Å². The summed E-state index contributed by atoms with van der Waals surface area (Å²) in [6.07, 6.45) is 1.78. The molecule has 0 spiro atoms. The number of aryl methyl sites for hydroxylation is 2. The number of amides is 1. The van der Waals surface area contributed by atoms with Gasteiger partial charge in [0, 0.05) is 26.2 Å². The fourth-order valence-corrected chi connectivity index (χ4v) is 2.57. The molecule has 112 valence electrons. The number of aromatic nitrogens is 4. The fraction of sp³-hybridized carbons (Fsp3) is 0.571. The van der Waals surface area contributed by atoms with Gasteiger partial charge < -0.3 is 10.2 Å². The molecule has 1 saturated heterocycles. The van der Waals surface area contributed by atoms with Crippen molar-refractivity contribution in [1.29, 1.82) is 0 Å². The van der Waals surface area contributed by atoms with Crippen LogP contribution in [-0.2, 0) is 11.8 Å². The number of fused-ring (bicyclic) bond motifs is 1. The number of nitrogens with zero attached hydrogens (tertiary/aromatic N) is 5. The van der Waals surface area contributed by atoms with Gasteiger partial charge >= 0.3 is 0 Å². The second kappa shape index (κ2) is 4.98. The van der Waals surface area contributed by atoms with Gasteiger partial charge in [0.2, 0.25) is 5.91 Å². The van der Waals surface area contributed by atoms with Crippen molar-refractivity contribution in [2.24, 2.45) is 13.0 Å². The second-order valence-corrected chi connectivity index (χ2v) is 5.87. The van der Waals surface area contributed by atoms with E-state index >= 15 is 0 Å². The van der Waals surface area contributed by atoms with Crippen LogP contribution in [-0.4, -0.2) is 44.8 Å². The third-order valence-electron chi connectivity index (χ3n) is 3.67. The number of carbonyl (C=O) groups excluding carboxylic acids is 1. The molecular formula is C14H20N6O. The number of hydrogen-bond acceptors (Lipinski definition) is 5. The summed E-state index contributed by atoms with van der Waals surface area (Å²) < 4.78 is 1.75. The minimum absolute atomic E-state index is 0.0365. The van der Waals surface area contributed by atoms with Crippen LogP contribution in [0.25, 0.3) is 11.0 Å². The Bertz CT molecular complexity index is 686. The van der Waals surface area contributed by atoms with Gasteiger partial charge in [-0.05, 0) is 20.8 Å². The summed E-state index contributed by atoms with van der Waals surface area (Å²) in [6.45, 7) is 7.21. The van der Waals surface area contributed by atoms with Crippen LogP contribution in [0.1, 0.15) is 19.7 Å². The Labute approximate surface area is 123 Å². The van der Waals surface area contributed by atoms with Crippen LogP contribution in [0.4, 0.5) is 5.82 Å². The summed E-state index contributed by atoms with van der Waals surface area (Å²) in [7, 11) is 1.87. The lowest BCUT2D eigenvalue weighted by Gasteiger charge is -2.39. The SMILES string of the molecule is Cc1nc(N2CC(C(=O)NC(C)C)C2)c2cnn(C)c2n1. The summed E-state index contributed by atoms with van der Waals surface area (Å²) in [5.41, 5.74) is 0.826. The second-order valence-electron chi connectivity index (χ2n) is 5.87. The highest BCUT2D eigenvalue weighted by molar-refractivity contribution is 5.89. The van der Waals surface area contributed by atoms with E-state index in [2.05, 4.69) is 25.3 Å². The van der Waals surface area contributed by atoms with Crippen LogP contribution < -0.4 is 10.2 Å². The molecule has 21 heavy (non-hydrogen) atoms. The van der Waals surface area contributed by atoms with E-state index < -0.39 is 0 Å². The molecule has 0 saturated carbocycles. The summed E-state index contributed by atoms with van der Waals surface area (Å²) in [4.78, 5) is 23.0. The van der Waals surface area contributed by atoms with Gasteiger partial charge in [-0.25, -0.2) is 9.97 Å². The summed E-state index contributed by atoms with van der Waals surface area (Å²) >= 11 is 0. The zero-order valence-corrected chi connectivity index (χ0v) is 12.8. The fourth-order valence-electron chi connectivity index (χ4n) is 2.57. The third kappa shape index (κ3) is 2.43. The molecule has 1 N–H and O–H groups in total. The number of hydrogen-bond donors (Lipinski definition) is 1. The van der Waals surface area contributed by atoms with Gasteiger partial charge in [-0.2, -0.15) is 5.10 Å². The van der Waals surface area contributed by atoms with E-state index in [1.165, 1.54) is 0 Å². The van der Waals surface area contributed by atoms with Crippen LogP contribution in [0.3, 0.4) is 0 Å². The first-order valence-electron chi connectivity index (χ1n) is 7.17. The van der Waals surface area contributed by atoms with E-state index in [0.717, 1.165) is 22.7 Å². The molecule has 3 heterocycles. The van der Waals surface area contributed by atoms with E-state index in [9.17, 15) is 4.79 Å². The molecule has 0 aliphatic carbocycles. The van der Waals surface area contributed by atoms with Crippen molar-refractivity contribution in [2.45, 2.75) is 26.8 Å². The van der Waals surface area contributed by atoms with Gasteiger partial charge in [0.25, 0.3) is 0 Å². The highest BCUT2D eigenvalue weighted by atomic mass is 16.2. The monoisotopic (exact) mass is 288 g/mol. The lowest BCUT2D eigenvalue weighted by molar-refractivity contribution is -0.126. The molecular weight excluding hydrogens is 268 g/mol. The smallest absolute Gasteiger partial charge is 0.226 e. The van der Waals surface area contributed by atoms with Crippen molar-refractivity contribution in [2.75, 3.05) is 18.0 Å². The maximum absolute atomic E-state index is 12.0. The minimum Gasteiger partial charge on any atom is -0.354 e. The quantitative estimate of drug-likeness (QED) is 0.896. The van der Waals surface area contributed by atoms with Gasteiger partial charge in [0.15, 0.2) is 5.65 Å². The molecule has 2 aromatic heterocycles. The largest absolute Gasteiger partial charge is 0.354 e. The molecule has 7 heteroatoms. The molecule has 1 aliphatic rings. The molecule has 1 fully saturated rings. The predicted octanol–water partition coefficient (Wildman–Crippen LogP) is 0.633. The first-order chi connectivity index (χ1) is 9.95. The van der Waals surface area contributed by atoms with Crippen LogP contribution in [0.5, 0.6) is 0 Å². The normalized spacial score (nSPS) is 15.6. The number of rotatable bonds is 3. The summed E-state index contributed by atoms with van der Waals surface area (Å²) in [6, 6.07) is 0.179. The van der Waals surface area contributed by atoms with Gasteiger partial charge in [0.1, 0.15) is 11.6 Å². The average molecular weight is 288 g/mol. The van der Waals surface area contributed by atoms with Gasteiger partial charge in [0.05, 0.1) is 17.5 Å². The Morgan fingerprint density at radius 2 is 2.10 bits per heavy atom. The molecule has 2 aromatic rings. The van der Waals surface area contributed by atoms with E-state index in [-0.39, 0.29) is 17.9 Å². The molecule has 1 aliphatic heterocycles. The topological polar surface area (TPSA) is 75.9 Å². The lowest BCUT2D eigenvalue weighted by Crippen LogP contribution is -2.55. The van der Waals surface area contributed by atoms with Crippen LogP contribution >= 0.6 is 0 Å². The number of anilines is 1. The molecule has 0 aromatic carbocycles. The standard InChI is InChI=1S/C14H20N6O/c1-8(2)16-14(21)10-6-20(7-10)13-11-5-15-19(4)12(11)17-9(3)18-13/h5,8,10H,6-7H2,1-4H3,(H,16,21). The maximum atomic E-state index is 12.0.